The van der Waals surface area contributed by atoms with E-state index in [4.69, 9.17) is 11.6 Å². The van der Waals surface area contributed by atoms with Gasteiger partial charge in [0.15, 0.2) is 0 Å². The Hall–Kier alpha value is -0.780. The van der Waals surface area contributed by atoms with Crippen LogP contribution in [-0.4, -0.2) is 39.7 Å². The summed E-state index contributed by atoms with van der Waals surface area (Å²) < 4.78 is 0. The molecule has 100 valence electrons. The molecule has 0 fully saturated rings. The predicted octanol–water partition coefficient (Wildman–Crippen LogP) is 2.19. The zero-order chi connectivity index (χ0) is 13.7. The maximum Gasteiger partial charge on any atom is 0.232 e. The SMILES string of the molecule is CC(C)N(C)C(=O)CSc1cncc(Cl)c1CO. The van der Waals surface area contributed by atoms with Crippen molar-refractivity contribution in [3.05, 3.63) is 23.0 Å². The first kappa shape index (κ1) is 15.3. The standard InChI is InChI=1S/C12H17ClN2O2S/c1-8(2)15(3)12(17)7-18-11-5-14-4-10(13)9(11)6-16/h4-5,8,16H,6-7H2,1-3H3. The molecule has 4 nitrogen and oxygen atoms in total. The molecule has 18 heavy (non-hydrogen) atoms. The molecule has 0 atom stereocenters. The number of aliphatic hydroxyl groups is 1. The molecular formula is C12H17ClN2O2S. The Labute approximate surface area is 116 Å². The Morgan fingerprint density at radius 2 is 2.22 bits per heavy atom. The summed E-state index contributed by atoms with van der Waals surface area (Å²) in [6.45, 7) is 3.77. The quantitative estimate of drug-likeness (QED) is 0.844. The van der Waals surface area contributed by atoms with Crippen LogP contribution in [0.15, 0.2) is 17.3 Å². The molecule has 0 radical (unpaired) electrons. The van der Waals surface area contributed by atoms with Crippen molar-refractivity contribution in [2.75, 3.05) is 12.8 Å². The van der Waals surface area contributed by atoms with Crippen LogP contribution < -0.4 is 0 Å². The maximum absolute atomic E-state index is 11.8. The van der Waals surface area contributed by atoms with Gasteiger partial charge in [0.2, 0.25) is 5.91 Å². The Bertz CT molecular complexity index is 427. The van der Waals surface area contributed by atoms with Crippen molar-refractivity contribution in [2.24, 2.45) is 0 Å². The van der Waals surface area contributed by atoms with E-state index < -0.39 is 0 Å². The van der Waals surface area contributed by atoms with Gasteiger partial charge in [-0.15, -0.1) is 11.8 Å². The van der Waals surface area contributed by atoms with Gasteiger partial charge >= 0.3 is 0 Å². The number of hydrogen-bond donors (Lipinski definition) is 1. The van der Waals surface area contributed by atoms with E-state index in [1.165, 1.54) is 18.0 Å². The second kappa shape index (κ2) is 6.97. The summed E-state index contributed by atoms with van der Waals surface area (Å²) in [6, 6.07) is 0.174. The molecule has 1 amide bonds. The molecule has 6 heteroatoms. The zero-order valence-corrected chi connectivity index (χ0v) is 12.3. The number of nitrogens with zero attached hydrogens (tertiary/aromatic N) is 2. The number of carbonyl (C=O) groups is 1. The van der Waals surface area contributed by atoms with Crippen LogP contribution in [0.25, 0.3) is 0 Å². The van der Waals surface area contributed by atoms with Gasteiger partial charge in [-0.1, -0.05) is 11.6 Å². The number of amides is 1. The number of pyridine rings is 1. The fourth-order valence-electron chi connectivity index (χ4n) is 1.25. The lowest BCUT2D eigenvalue weighted by molar-refractivity contribution is -0.128. The number of aliphatic hydroxyl groups excluding tert-OH is 1. The number of carbonyl (C=O) groups excluding carboxylic acids is 1. The van der Waals surface area contributed by atoms with Crippen molar-refractivity contribution in [3.63, 3.8) is 0 Å². The lowest BCUT2D eigenvalue weighted by atomic mass is 10.3. The summed E-state index contributed by atoms with van der Waals surface area (Å²) in [5.41, 5.74) is 0.622. The van der Waals surface area contributed by atoms with Gasteiger partial charge < -0.3 is 10.0 Å². The van der Waals surface area contributed by atoms with E-state index in [1.807, 2.05) is 13.8 Å². The first-order valence-corrected chi connectivity index (χ1v) is 6.95. The largest absolute Gasteiger partial charge is 0.392 e. The van der Waals surface area contributed by atoms with E-state index in [0.29, 0.717) is 16.3 Å². The fourth-order valence-corrected chi connectivity index (χ4v) is 2.49. The highest BCUT2D eigenvalue weighted by atomic mass is 35.5. The Balaban J connectivity index is 2.69. The van der Waals surface area contributed by atoms with Crippen LogP contribution in [0.2, 0.25) is 5.02 Å². The van der Waals surface area contributed by atoms with E-state index in [1.54, 1.807) is 18.1 Å². The van der Waals surface area contributed by atoms with Gasteiger partial charge in [-0.05, 0) is 13.8 Å². The highest BCUT2D eigenvalue weighted by Gasteiger charge is 2.14. The highest BCUT2D eigenvalue weighted by molar-refractivity contribution is 8.00. The summed E-state index contributed by atoms with van der Waals surface area (Å²) in [7, 11) is 1.77. The Morgan fingerprint density at radius 3 is 2.78 bits per heavy atom. The average molecular weight is 289 g/mol. The smallest absolute Gasteiger partial charge is 0.232 e. The summed E-state index contributed by atoms with van der Waals surface area (Å²) in [6.07, 6.45) is 3.10. The zero-order valence-electron chi connectivity index (χ0n) is 10.7. The molecular weight excluding hydrogens is 272 g/mol. The van der Waals surface area contributed by atoms with Gasteiger partial charge in [0.1, 0.15) is 0 Å². The topological polar surface area (TPSA) is 53.4 Å². The second-order valence-corrected chi connectivity index (χ2v) is 5.57. The van der Waals surface area contributed by atoms with E-state index >= 15 is 0 Å². The fraction of sp³-hybridized carbons (Fsp3) is 0.500. The summed E-state index contributed by atoms with van der Waals surface area (Å²) in [5.74, 6) is 0.350. The molecule has 0 aromatic carbocycles. The molecule has 0 unspecified atom stereocenters. The van der Waals surface area contributed by atoms with Crippen molar-refractivity contribution in [3.8, 4) is 0 Å². The van der Waals surface area contributed by atoms with Crippen LogP contribution in [0.4, 0.5) is 0 Å². The molecule has 1 rings (SSSR count). The minimum atomic E-state index is -0.155. The maximum atomic E-state index is 11.8. The van der Waals surface area contributed by atoms with Gasteiger partial charge in [-0.25, -0.2) is 0 Å². The van der Waals surface area contributed by atoms with Gasteiger partial charge in [-0.3, -0.25) is 9.78 Å². The van der Waals surface area contributed by atoms with Crippen molar-refractivity contribution >= 4 is 29.3 Å². The molecule has 0 saturated heterocycles. The van der Waals surface area contributed by atoms with Gasteiger partial charge in [0.05, 0.1) is 17.4 Å². The van der Waals surface area contributed by atoms with E-state index in [2.05, 4.69) is 4.98 Å². The van der Waals surface area contributed by atoms with Crippen LogP contribution in [0.5, 0.6) is 0 Å². The minimum Gasteiger partial charge on any atom is -0.392 e. The lowest BCUT2D eigenvalue weighted by Crippen LogP contribution is -2.34. The molecule has 1 N–H and O–H groups in total. The number of halogens is 1. The van der Waals surface area contributed by atoms with Crippen LogP contribution in [0, 0.1) is 0 Å². The summed E-state index contributed by atoms with van der Waals surface area (Å²) in [5, 5.41) is 9.66. The van der Waals surface area contributed by atoms with Crippen LogP contribution >= 0.6 is 23.4 Å². The number of aromatic nitrogens is 1. The first-order valence-electron chi connectivity index (χ1n) is 5.59. The van der Waals surface area contributed by atoms with E-state index in [9.17, 15) is 9.90 Å². The van der Waals surface area contributed by atoms with Crippen LogP contribution in [0.3, 0.4) is 0 Å². The molecule has 0 aliphatic carbocycles. The molecule has 0 aliphatic rings. The number of rotatable bonds is 5. The van der Waals surface area contributed by atoms with Gasteiger partial charge in [0, 0.05) is 35.9 Å². The normalized spacial score (nSPS) is 10.8. The number of thioether (sulfide) groups is 1. The monoisotopic (exact) mass is 288 g/mol. The van der Waals surface area contributed by atoms with Gasteiger partial charge in [-0.2, -0.15) is 0 Å². The number of hydrogen-bond acceptors (Lipinski definition) is 4. The first-order chi connectivity index (χ1) is 8.47. The molecule has 1 aromatic rings. The third kappa shape index (κ3) is 3.86. The van der Waals surface area contributed by atoms with Crippen LogP contribution in [0.1, 0.15) is 19.4 Å². The summed E-state index contributed by atoms with van der Waals surface area (Å²) >= 11 is 7.27. The predicted molar refractivity (Wildman–Crippen MR) is 73.8 cm³/mol. The third-order valence-electron chi connectivity index (χ3n) is 2.64. The Morgan fingerprint density at radius 1 is 1.56 bits per heavy atom. The van der Waals surface area contributed by atoms with Crippen molar-refractivity contribution in [1.29, 1.82) is 0 Å². The van der Waals surface area contributed by atoms with Crippen LogP contribution in [-0.2, 0) is 11.4 Å². The van der Waals surface area contributed by atoms with Crippen molar-refractivity contribution < 1.29 is 9.90 Å². The molecule has 1 aromatic heterocycles. The average Bonchev–Trinajstić information content (AvgIpc) is 2.34. The molecule has 0 saturated carbocycles. The minimum absolute atomic E-state index is 0.0406. The van der Waals surface area contributed by atoms with Crippen molar-refractivity contribution in [1.82, 2.24) is 9.88 Å². The van der Waals surface area contributed by atoms with Crippen molar-refractivity contribution in [2.45, 2.75) is 31.4 Å². The molecule has 0 aliphatic heterocycles. The van der Waals surface area contributed by atoms with E-state index in [-0.39, 0.29) is 18.6 Å². The Kier molecular flexibility index (Phi) is 5.91. The third-order valence-corrected chi connectivity index (χ3v) is 4.02. The molecule has 0 bridgehead atoms. The molecule has 0 spiro atoms. The second-order valence-electron chi connectivity index (χ2n) is 4.14. The van der Waals surface area contributed by atoms with Gasteiger partial charge in [0.25, 0.3) is 0 Å². The summed E-state index contributed by atoms with van der Waals surface area (Å²) in [4.78, 5) is 18.2. The van der Waals surface area contributed by atoms with E-state index in [0.717, 1.165) is 4.90 Å². The highest BCUT2D eigenvalue weighted by Crippen LogP contribution is 2.27. The molecule has 1 heterocycles. The lowest BCUT2D eigenvalue weighted by Gasteiger charge is -2.21.